The molecule has 0 radical (unpaired) electrons. The van der Waals surface area contributed by atoms with Gasteiger partial charge in [-0.2, -0.15) is 0 Å². The maximum atomic E-state index is 7.21. The van der Waals surface area contributed by atoms with Gasteiger partial charge in [0.15, 0.2) is 0 Å². The molecule has 0 saturated carbocycles. The van der Waals surface area contributed by atoms with Crippen LogP contribution in [0.2, 0.25) is 0 Å². The van der Waals surface area contributed by atoms with E-state index in [2.05, 4.69) is 9.97 Å². The van der Waals surface area contributed by atoms with E-state index >= 15 is 0 Å². The van der Waals surface area contributed by atoms with E-state index in [4.69, 9.17) is 11.1 Å². The number of nitrogens with one attached hydrogen (secondary N) is 1. The molecule has 19 heavy (non-hydrogen) atoms. The van der Waals surface area contributed by atoms with Gasteiger partial charge in [0, 0.05) is 41.3 Å². The molecule has 0 unspecified atom stereocenters. The number of nitrogens with zero attached hydrogens (tertiary/aromatic N) is 2. The predicted molar refractivity (Wildman–Crippen MR) is 77.3 cm³/mol. The normalized spacial score (nSPS) is 10.5. The van der Waals surface area contributed by atoms with Gasteiger partial charge in [-0.25, -0.2) is 0 Å². The van der Waals surface area contributed by atoms with E-state index in [1.54, 1.807) is 6.20 Å². The van der Waals surface area contributed by atoms with E-state index in [0.29, 0.717) is 11.4 Å². The fourth-order valence-electron chi connectivity index (χ4n) is 2.11. The molecule has 2 aromatic heterocycles. The van der Waals surface area contributed by atoms with E-state index in [1.807, 2.05) is 42.7 Å². The van der Waals surface area contributed by atoms with Gasteiger partial charge in [0.1, 0.15) is 5.69 Å². The van der Waals surface area contributed by atoms with Crippen LogP contribution >= 0.6 is 0 Å². The molecule has 0 aliphatic heterocycles. The van der Waals surface area contributed by atoms with Crippen LogP contribution < -0.4 is 5.73 Å². The summed E-state index contributed by atoms with van der Waals surface area (Å²) in [7, 11) is 0. The lowest BCUT2D eigenvalue weighted by atomic mass is 10.0. The molecule has 3 rings (SSSR count). The van der Waals surface area contributed by atoms with Gasteiger partial charge in [0.25, 0.3) is 0 Å². The molecule has 0 bridgehead atoms. The van der Waals surface area contributed by atoms with Crippen molar-refractivity contribution in [3.05, 3.63) is 54.6 Å². The molecule has 4 nitrogen and oxygen atoms in total. The van der Waals surface area contributed by atoms with Crippen LogP contribution in [0.1, 0.15) is 5.69 Å². The summed E-state index contributed by atoms with van der Waals surface area (Å²) in [5.74, 6) is 0. The van der Waals surface area contributed by atoms with Crippen LogP contribution in [0.15, 0.2) is 48.9 Å². The molecule has 92 valence electrons. The number of anilines is 1. The van der Waals surface area contributed by atoms with E-state index in [9.17, 15) is 0 Å². The summed E-state index contributed by atoms with van der Waals surface area (Å²) in [6.45, 7) is 0. The third-order valence-electron chi connectivity index (χ3n) is 3.07. The molecule has 3 N–H and O–H groups in total. The average molecular weight is 248 g/mol. The van der Waals surface area contributed by atoms with Gasteiger partial charge in [-0.05, 0) is 11.5 Å². The maximum Gasteiger partial charge on any atom is 0.103 e. The van der Waals surface area contributed by atoms with Crippen LogP contribution in [0.4, 0.5) is 5.69 Å². The summed E-state index contributed by atoms with van der Waals surface area (Å²) in [5, 5.41) is 9.40. The molecule has 3 aromatic rings. The van der Waals surface area contributed by atoms with Crippen LogP contribution in [-0.4, -0.2) is 16.2 Å². The lowest BCUT2D eigenvalue weighted by Crippen LogP contribution is -1.97. The second-order valence-electron chi connectivity index (χ2n) is 4.25. The van der Waals surface area contributed by atoms with Crippen molar-refractivity contribution in [2.24, 2.45) is 0 Å². The molecule has 0 spiro atoms. The van der Waals surface area contributed by atoms with Gasteiger partial charge in [0.05, 0.1) is 5.69 Å². The Morgan fingerprint density at radius 3 is 2.74 bits per heavy atom. The minimum atomic E-state index is 0.483. The number of hydrogen-bond donors (Lipinski definition) is 2. The van der Waals surface area contributed by atoms with Gasteiger partial charge >= 0.3 is 0 Å². The predicted octanol–water partition coefficient (Wildman–Crippen LogP) is 2.88. The first-order valence-electron chi connectivity index (χ1n) is 5.88. The van der Waals surface area contributed by atoms with E-state index in [1.165, 1.54) is 0 Å². The Morgan fingerprint density at radius 1 is 1.11 bits per heavy atom. The highest BCUT2D eigenvalue weighted by atomic mass is 14.7. The quantitative estimate of drug-likeness (QED) is 0.685. The molecule has 4 heteroatoms. The second-order valence-corrected chi connectivity index (χ2v) is 4.25. The highest BCUT2D eigenvalue weighted by molar-refractivity contribution is 5.96. The van der Waals surface area contributed by atoms with Crippen molar-refractivity contribution in [1.82, 2.24) is 9.97 Å². The number of rotatable bonds is 2. The van der Waals surface area contributed by atoms with Crippen molar-refractivity contribution < 1.29 is 0 Å². The molecule has 0 aliphatic rings. The number of fused-ring (bicyclic) bond motifs is 1. The molecule has 0 aliphatic carbocycles. The number of pyridine rings is 2. The second kappa shape index (κ2) is 4.49. The first-order chi connectivity index (χ1) is 9.29. The Balaban J connectivity index is 2.24. The first-order valence-corrected chi connectivity index (χ1v) is 5.88. The first kappa shape index (κ1) is 11.3. The summed E-state index contributed by atoms with van der Waals surface area (Å²) in [6.07, 6.45) is 6.52. The maximum absolute atomic E-state index is 7.21. The lowest BCUT2D eigenvalue weighted by molar-refractivity contribution is 1.29. The molecule has 0 atom stereocenters. The zero-order chi connectivity index (χ0) is 13.2. The summed E-state index contributed by atoms with van der Waals surface area (Å²) in [6, 6.07) is 9.88. The third kappa shape index (κ3) is 1.93. The Bertz CT molecular complexity index is 760. The SMILES string of the molecule is N=Cc1ncc(-c2cncc3ccccc23)cc1N. The van der Waals surface area contributed by atoms with Crippen molar-refractivity contribution in [3.63, 3.8) is 0 Å². The minimum absolute atomic E-state index is 0.483. The fourth-order valence-corrected chi connectivity index (χ4v) is 2.11. The number of benzene rings is 1. The zero-order valence-electron chi connectivity index (χ0n) is 10.2. The molecule has 2 heterocycles. The minimum Gasteiger partial charge on any atom is -0.397 e. The van der Waals surface area contributed by atoms with Crippen LogP contribution in [0, 0.1) is 5.41 Å². The van der Waals surface area contributed by atoms with Crippen molar-refractivity contribution in [2.45, 2.75) is 0 Å². The topological polar surface area (TPSA) is 75.7 Å². The van der Waals surface area contributed by atoms with Crippen molar-refractivity contribution in [3.8, 4) is 11.1 Å². The Hall–Kier alpha value is -2.75. The molecule has 0 saturated heterocycles. The number of hydrogen-bond acceptors (Lipinski definition) is 4. The molecule has 0 amide bonds. The Morgan fingerprint density at radius 2 is 1.95 bits per heavy atom. The molecular formula is C15H12N4. The largest absolute Gasteiger partial charge is 0.397 e. The summed E-state index contributed by atoms with van der Waals surface area (Å²) in [4.78, 5) is 8.43. The van der Waals surface area contributed by atoms with E-state index < -0.39 is 0 Å². The average Bonchev–Trinajstić information content (AvgIpc) is 2.46. The Kier molecular flexibility index (Phi) is 2.68. The van der Waals surface area contributed by atoms with Crippen molar-refractivity contribution >= 4 is 22.7 Å². The van der Waals surface area contributed by atoms with Crippen LogP contribution in [0.5, 0.6) is 0 Å². The van der Waals surface area contributed by atoms with Gasteiger partial charge in [0.2, 0.25) is 0 Å². The highest BCUT2D eigenvalue weighted by Crippen LogP contribution is 2.28. The lowest BCUT2D eigenvalue weighted by Gasteiger charge is -2.07. The van der Waals surface area contributed by atoms with Crippen LogP contribution in [-0.2, 0) is 0 Å². The zero-order valence-corrected chi connectivity index (χ0v) is 10.2. The number of aromatic nitrogens is 2. The van der Waals surface area contributed by atoms with Crippen molar-refractivity contribution in [2.75, 3.05) is 5.73 Å². The molecular weight excluding hydrogens is 236 g/mol. The molecule has 1 aromatic carbocycles. The monoisotopic (exact) mass is 248 g/mol. The van der Waals surface area contributed by atoms with Crippen molar-refractivity contribution in [1.29, 1.82) is 5.41 Å². The number of nitrogen functional groups attached to an aromatic ring is 1. The fraction of sp³-hybridized carbons (Fsp3) is 0. The number of nitrogens with two attached hydrogens (primary N) is 1. The summed E-state index contributed by atoms with van der Waals surface area (Å²) >= 11 is 0. The van der Waals surface area contributed by atoms with E-state index in [0.717, 1.165) is 28.1 Å². The van der Waals surface area contributed by atoms with Gasteiger partial charge < -0.3 is 11.1 Å². The standard InChI is InChI=1S/C15H12N4/c16-6-15-14(17)5-11(8-19-15)13-9-18-7-10-3-1-2-4-12(10)13/h1-9,16H,17H2. The van der Waals surface area contributed by atoms with Crippen LogP contribution in [0.25, 0.3) is 21.9 Å². The Labute approximate surface area is 110 Å². The summed E-state index contributed by atoms with van der Waals surface area (Å²) < 4.78 is 0. The van der Waals surface area contributed by atoms with E-state index in [-0.39, 0.29) is 0 Å². The van der Waals surface area contributed by atoms with Gasteiger partial charge in [-0.3, -0.25) is 9.97 Å². The van der Waals surface area contributed by atoms with Gasteiger partial charge in [-0.1, -0.05) is 24.3 Å². The highest BCUT2D eigenvalue weighted by Gasteiger charge is 2.06. The summed E-state index contributed by atoms with van der Waals surface area (Å²) in [5.41, 5.74) is 8.77. The third-order valence-corrected chi connectivity index (χ3v) is 3.07. The smallest absolute Gasteiger partial charge is 0.103 e. The van der Waals surface area contributed by atoms with Crippen LogP contribution in [0.3, 0.4) is 0 Å². The van der Waals surface area contributed by atoms with Gasteiger partial charge in [-0.15, -0.1) is 0 Å². The molecule has 0 fully saturated rings.